The molecule has 0 amide bonds. The number of alkyl halides is 2. The Labute approximate surface area is 836 Å². The third kappa shape index (κ3) is 50.8. The Bertz CT molecular complexity index is 4600. The summed E-state index contributed by atoms with van der Waals surface area (Å²) in [6, 6.07) is 77.2. The molecule has 0 fully saturated rings. The molecule has 17 unspecified atom stereocenters. The van der Waals surface area contributed by atoms with Gasteiger partial charge in [0.25, 0.3) is 0 Å². The first-order valence-electron chi connectivity index (χ1n) is 47.7. The lowest BCUT2D eigenvalue weighted by Crippen LogP contribution is -2.30. The number of methoxy groups -OCH3 is 2. The standard InChI is InChI=1S/C24H32O4.C23H30O4.C23H28O4.2C21H31BrO6/c1-18(15-27-17-21-10-12-23(13-11-21)20(3)26-4)16-28-24(25)14-19(2)22-8-6-5-7-9-22;1-18(15-26-17-22(25-3)21-12-8-5-9-13-21)16-27-23(24)14-19(2)20-10-6-4-7-11-20;1-17(16-27-23(25)19(3)21-12-8-5-9-13-21)15-26-22(24)14-18(2)20-10-6-4-7-11-20;1-14(2)20(24)28-13-18(10-23)26-11-15(3)12-27-21(25)19(22)16(4)17-8-6-5-7-9-17;1-14(2)20(24)28-13-18(23)12-26-10-15(3)11-27-21(25)19(22)16(4)17-8-6-5-7-9-17/h5-13,18-20H,14-17H2,1-4H3;4-13,18-19,22H,14-17H2,1-3H3;4-13,17-19H,14-16H2,1-3H3;2*5-9,14-16,18-19,23H,10-13H2,1-4H3. The van der Waals surface area contributed by atoms with Gasteiger partial charge < -0.3 is 76.5 Å². The lowest BCUT2D eigenvalue weighted by atomic mass is 9.98. The molecule has 8 aromatic rings. The van der Waals surface area contributed by atoms with Crippen LogP contribution >= 0.6 is 31.9 Å². The Morgan fingerprint density at radius 2 is 0.594 bits per heavy atom. The van der Waals surface area contributed by atoms with E-state index in [1.165, 1.54) is 0 Å². The summed E-state index contributed by atoms with van der Waals surface area (Å²) in [6.45, 7) is 34.6. The van der Waals surface area contributed by atoms with E-state index in [0.29, 0.717) is 65.5 Å². The zero-order valence-electron chi connectivity index (χ0n) is 84.1. The number of carbonyl (C=O) groups is 8. The second-order valence-electron chi connectivity index (χ2n) is 36.1. The van der Waals surface area contributed by atoms with Crippen molar-refractivity contribution in [3.8, 4) is 0 Å². The van der Waals surface area contributed by atoms with Gasteiger partial charge in [0.15, 0.2) is 0 Å². The molecule has 0 saturated heterocycles. The number of ether oxygens (including phenoxy) is 14. The van der Waals surface area contributed by atoms with E-state index in [1.54, 1.807) is 41.9 Å². The van der Waals surface area contributed by atoms with Crippen molar-refractivity contribution in [3.05, 3.63) is 287 Å². The molecule has 17 atom stereocenters. The topological polar surface area (TPSA) is 306 Å². The lowest BCUT2D eigenvalue weighted by molar-refractivity contribution is -0.154. The molecule has 0 aliphatic carbocycles. The maximum Gasteiger partial charge on any atom is 0.320 e. The van der Waals surface area contributed by atoms with Gasteiger partial charge in [0, 0.05) is 55.6 Å². The molecule has 0 aliphatic heterocycles. The number of hydrogen-bond acceptors (Lipinski definition) is 24. The molecule has 138 heavy (non-hydrogen) atoms. The lowest BCUT2D eigenvalue weighted by Gasteiger charge is -2.21. The van der Waals surface area contributed by atoms with Crippen LogP contribution in [0.4, 0.5) is 0 Å². The second kappa shape index (κ2) is 69.9. The second-order valence-corrected chi connectivity index (χ2v) is 38.0. The number of esters is 8. The quantitative estimate of drug-likeness (QED) is 0.0203. The average Bonchev–Trinajstić information content (AvgIpc) is 0.846. The third-order valence-electron chi connectivity index (χ3n) is 22.2. The van der Waals surface area contributed by atoms with Crippen LogP contribution in [0.3, 0.4) is 0 Å². The number of hydrogen-bond donors (Lipinski definition) is 2. The fourth-order valence-electron chi connectivity index (χ4n) is 13.0. The number of halogens is 2. The zero-order chi connectivity index (χ0) is 102. The molecule has 758 valence electrons. The minimum absolute atomic E-state index is 0.00190. The molecule has 0 aromatic heterocycles. The Hall–Kier alpha value is -9.84. The van der Waals surface area contributed by atoms with E-state index in [4.69, 9.17) is 66.3 Å². The monoisotopic (exact) mass is 2040 g/mol. The van der Waals surface area contributed by atoms with Gasteiger partial charge in [-0.1, -0.05) is 365 Å². The van der Waals surface area contributed by atoms with Gasteiger partial charge >= 0.3 is 47.8 Å². The van der Waals surface area contributed by atoms with E-state index in [1.807, 2.05) is 295 Å². The first-order chi connectivity index (χ1) is 66.0. The predicted molar refractivity (Wildman–Crippen MR) is 544 cm³/mol. The van der Waals surface area contributed by atoms with Crippen LogP contribution in [0.2, 0.25) is 0 Å². The van der Waals surface area contributed by atoms with Crippen molar-refractivity contribution in [2.24, 2.45) is 41.4 Å². The summed E-state index contributed by atoms with van der Waals surface area (Å²) >= 11 is 6.85. The van der Waals surface area contributed by atoms with Gasteiger partial charge in [-0.25, -0.2) is 0 Å². The Balaban J connectivity index is 0.000000360. The molecule has 0 aliphatic rings. The van der Waals surface area contributed by atoms with E-state index < -0.39 is 21.9 Å². The molecule has 0 radical (unpaired) electrons. The van der Waals surface area contributed by atoms with Gasteiger partial charge in [-0.3, -0.25) is 38.4 Å². The normalized spacial score (nSPS) is 14.8. The summed E-state index contributed by atoms with van der Waals surface area (Å²) in [5, 5.41) is 19.1. The van der Waals surface area contributed by atoms with Gasteiger partial charge in [0.2, 0.25) is 0 Å². The summed E-state index contributed by atoms with van der Waals surface area (Å²) < 4.78 is 75.6. The van der Waals surface area contributed by atoms with Crippen LogP contribution in [0, 0.1) is 41.4 Å². The maximum absolute atomic E-state index is 12.3. The Morgan fingerprint density at radius 3 is 0.949 bits per heavy atom. The van der Waals surface area contributed by atoms with Gasteiger partial charge in [-0.05, 0) is 81.7 Å². The van der Waals surface area contributed by atoms with Crippen molar-refractivity contribution in [1.29, 1.82) is 0 Å². The highest BCUT2D eigenvalue weighted by molar-refractivity contribution is 9.10. The number of benzene rings is 8. The number of rotatable bonds is 55. The fourth-order valence-corrected chi connectivity index (χ4v) is 13.9. The first kappa shape index (κ1) is 120. The minimum atomic E-state index is -0.879. The van der Waals surface area contributed by atoms with Crippen molar-refractivity contribution >= 4 is 79.6 Å². The highest BCUT2D eigenvalue weighted by Gasteiger charge is 2.29. The van der Waals surface area contributed by atoms with Crippen LogP contribution in [0.1, 0.15) is 228 Å². The third-order valence-corrected chi connectivity index (χ3v) is 24.5. The number of carbonyl (C=O) groups excluding carboxylic acids is 8. The van der Waals surface area contributed by atoms with Crippen LogP contribution < -0.4 is 0 Å². The van der Waals surface area contributed by atoms with E-state index in [9.17, 15) is 48.6 Å². The van der Waals surface area contributed by atoms with Gasteiger partial charge in [-0.15, -0.1) is 0 Å². The van der Waals surface area contributed by atoms with Gasteiger partial charge in [0.05, 0.1) is 136 Å². The van der Waals surface area contributed by atoms with E-state index >= 15 is 0 Å². The summed E-state index contributed by atoms with van der Waals surface area (Å²) in [6.07, 6.45) is -0.358. The summed E-state index contributed by atoms with van der Waals surface area (Å²) in [5.41, 5.74) is 9.82. The molecule has 8 rings (SSSR count). The molecule has 2 N–H and O–H groups in total. The molecule has 26 heteroatoms. The van der Waals surface area contributed by atoms with Crippen LogP contribution in [-0.4, -0.2) is 193 Å². The molecule has 0 bridgehead atoms. The molecule has 8 aromatic carbocycles. The first-order valence-corrected chi connectivity index (χ1v) is 49.6. The van der Waals surface area contributed by atoms with Gasteiger partial charge in [0.1, 0.15) is 41.2 Å². The van der Waals surface area contributed by atoms with E-state index in [0.717, 1.165) is 50.1 Å². The zero-order valence-corrected chi connectivity index (χ0v) is 87.2. The van der Waals surface area contributed by atoms with Crippen molar-refractivity contribution in [1.82, 2.24) is 0 Å². The summed E-state index contributed by atoms with van der Waals surface area (Å²) in [7, 11) is 3.39. The highest BCUT2D eigenvalue weighted by atomic mass is 79.9. The number of aliphatic hydroxyl groups is 2. The number of aliphatic hydroxyl groups excluding tert-OH is 2. The largest absolute Gasteiger partial charge is 0.465 e. The van der Waals surface area contributed by atoms with Crippen LogP contribution in [-0.2, 0) is 111 Å². The highest BCUT2D eigenvalue weighted by Crippen LogP contribution is 2.30. The van der Waals surface area contributed by atoms with Crippen LogP contribution in [0.15, 0.2) is 237 Å². The summed E-state index contributed by atoms with van der Waals surface area (Å²) in [4.78, 5) is 94.8. The molecule has 0 heterocycles. The summed E-state index contributed by atoms with van der Waals surface area (Å²) in [5.74, 6) is -2.39. The minimum Gasteiger partial charge on any atom is -0.465 e. The SMILES string of the molecule is CC(COC(=O)C(Br)C(C)c1ccccc1)COC(CO)COC(=O)C(C)C.CC(COC(=O)CC(C)c1ccccc1)COC(=O)C(C)c1ccccc1.CC(COCC(O)COC(=O)C(C)C)COC(=O)C(Br)C(C)c1ccccc1.COC(C)c1ccc(COCC(C)COC(=O)CC(C)c2ccccc2)cc1.COC(COCC(C)COC(=O)CC(C)c1ccccc1)c1ccccc1. The maximum atomic E-state index is 12.3. The smallest absolute Gasteiger partial charge is 0.320 e. The van der Waals surface area contributed by atoms with Crippen molar-refractivity contribution < 1.29 is 115 Å². The molecule has 24 nitrogen and oxygen atoms in total. The van der Waals surface area contributed by atoms with Gasteiger partial charge in [-0.2, -0.15) is 0 Å². The van der Waals surface area contributed by atoms with Crippen LogP contribution in [0.25, 0.3) is 0 Å². The average molecular weight is 2040 g/mol. The van der Waals surface area contributed by atoms with E-state index in [2.05, 4.69) is 56.1 Å². The molecule has 0 spiro atoms. The van der Waals surface area contributed by atoms with Crippen LogP contribution in [0.5, 0.6) is 0 Å². The molecular weight excluding hydrogens is 1890 g/mol. The predicted octanol–water partition coefficient (Wildman–Crippen LogP) is 21.4. The molecule has 0 saturated carbocycles. The Morgan fingerprint density at radius 1 is 0.290 bits per heavy atom. The van der Waals surface area contributed by atoms with Crippen molar-refractivity contribution in [2.75, 3.05) is 113 Å². The Kier molecular flexibility index (Phi) is 61.0. The fraction of sp³-hybridized carbons (Fsp3) is 0.500. The van der Waals surface area contributed by atoms with E-state index in [-0.39, 0.29) is 196 Å². The molecular formula is C112H152Br2O24. The van der Waals surface area contributed by atoms with Crippen molar-refractivity contribution in [2.45, 2.75) is 206 Å². The van der Waals surface area contributed by atoms with Crippen molar-refractivity contribution in [3.63, 3.8) is 0 Å².